The topological polar surface area (TPSA) is 63.7 Å². The number of nitrogens with zero attached hydrogens (tertiary/aromatic N) is 2. The monoisotopic (exact) mass is 265 g/mol. The summed E-state index contributed by atoms with van der Waals surface area (Å²) in [5.74, 6) is 0.559. The van der Waals surface area contributed by atoms with E-state index in [4.69, 9.17) is 9.47 Å². The lowest BCUT2D eigenvalue weighted by Gasteiger charge is -2.29. The third-order valence-corrected chi connectivity index (χ3v) is 3.06. The summed E-state index contributed by atoms with van der Waals surface area (Å²) in [5.41, 5.74) is 0.711. The molecule has 0 aromatic carbocycles. The highest BCUT2D eigenvalue weighted by Gasteiger charge is 2.24. The van der Waals surface area contributed by atoms with Crippen LogP contribution in [0.5, 0.6) is 5.75 Å². The lowest BCUT2D eigenvalue weighted by atomic mass is 10.2. The Morgan fingerprint density at radius 2 is 2.53 bits per heavy atom. The van der Waals surface area contributed by atoms with Crippen molar-refractivity contribution in [1.82, 2.24) is 15.2 Å². The zero-order chi connectivity index (χ0) is 13.7. The Morgan fingerprint density at radius 1 is 1.68 bits per heavy atom. The number of carbonyl (C=O) groups excluding carboxylic acids is 1. The first-order chi connectivity index (χ1) is 9.20. The van der Waals surface area contributed by atoms with Gasteiger partial charge in [-0.1, -0.05) is 0 Å². The van der Waals surface area contributed by atoms with E-state index in [2.05, 4.69) is 15.2 Å². The number of aromatic nitrogens is 1. The molecule has 1 aromatic rings. The molecule has 6 nitrogen and oxygen atoms in total. The fourth-order valence-corrected chi connectivity index (χ4v) is 1.96. The minimum Gasteiger partial charge on any atom is -0.495 e. The predicted octanol–water partition coefficient (Wildman–Crippen LogP) is 0.0370. The average Bonchev–Trinajstić information content (AvgIpc) is 2.45. The zero-order valence-corrected chi connectivity index (χ0v) is 11.3. The number of nitrogens with one attached hydrogen (secondary N) is 1. The quantitative estimate of drug-likeness (QED) is 0.832. The Hall–Kier alpha value is -1.66. The number of morpholine rings is 1. The highest BCUT2D eigenvalue weighted by atomic mass is 16.5. The maximum Gasteiger partial charge on any atom is 0.250 e. The number of ether oxygens (including phenoxy) is 2. The molecule has 0 spiro atoms. The van der Waals surface area contributed by atoms with Crippen LogP contribution in [-0.2, 0) is 16.1 Å². The Bertz CT molecular complexity index is 439. The van der Waals surface area contributed by atoms with Crippen molar-refractivity contribution in [1.29, 1.82) is 0 Å². The molecule has 1 amide bonds. The van der Waals surface area contributed by atoms with E-state index < -0.39 is 6.10 Å². The SMILES string of the molecule is COc1cccnc1CNC(=O)C1CN(C)CCO1. The molecule has 1 atom stereocenters. The van der Waals surface area contributed by atoms with Gasteiger partial charge in [0, 0.05) is 19.3 Å². The minimum atomic E-state index is -0.409. The number of hydrogen-bond acceptors (Lipinski definition) is 5. The summed E-state index contributed by atoms with van der Waals surface area (Å²) < 4.78 is 10.6. The Labute approximate surface area is 112 Å². The van der Waals surface area contributed by atoms with E-state index in [1.807, 2.05) is 13.1 Å². The van der Waals surface area contributed by atoms with Gasteiger partial charge in [-0.25, -0.2) is 0 Å². The van der Waals surface area contributed by atoms with Crippen LogP contribution in [0.2, 0.25) is 0 Å². The van der Waals surface area contributed by atoms with Gasteiger partial charge >= 0.3 is 0 Å². The summed E-state index contributed by atoms with van der Waals surface area (Å²) in [6.45, 7) is 2.40. The van der Waals surface area contributed by atoms with Gasteiger partial charge in [0.1, 0.15) is 17.5 Å². The lowest BCUT2D eigenvalue weighted by molar-refractivity contribution is -0.138. The van der Waals surface area contributed by atoms with Gasteiger partial charge in [-0.3, -0.25) is 9.78 Å². The van der Waals surface area contributed by atoms with Crippen LogP contribution in [0.25, 0.3) is 0 Å². The Balaban J connectivity index is 1.89. The van der Waals surface area contributed by atoms with Crippen molar-refractivity contribution in [2.75, 3.05) is 33.9 Å². The molecule has 0 aliphatic carbocycles. The summed E-state index contributed by atoms with van der Waals surface area (Å²) in [4.78, 5) is 18.3. The van der Waals surface area contributed by atoms with Crippen LogP contribution in [0.4, 0.5) is 0 Å². The summed E-state index contributed by atoms with van der Waals surface area (Å²) in [7, 11) is 3.56. The molecule has 2 heterocycles. The molecule has 0 saturated carbocycles. The molecule has 1 saturated heterocycles. The number of likely N-dealkylation sites (N-methyl/N-ethyl adjacent to an activating group) is 1. The zero-order valence-electron chi connectivity index (χ0n) is 11.3. The molecule has 6 heteroatoms. The van der Waals surface area contributed by atoms with Crippen molar-refractivity contribution < 1.29 is 14.3 Å². The van der Waals surface area contributed by atoms with E-state index in [0.29, 0.717) is 31.1 Å². The van der Waals surface area contributed by atoms with Crippen LogP contribution in [0.1, 0.15) is 5.69 Å². The van der Waals surface area contributed by atoms with Crippen molar-refractivity contribution >= 4 is 5.91 Å². The molecule has 0 radical (unpaired) electrons. The molecule has 1 unspecified atom stereocenters. The molecule has 0 bridgehead atoms. The van der Waals surface area contributed by atoms with Gasteiger partial charge in [0.2, 0.25) is 0 Å². The Kier molecular flexibility index (Phi) is 4.70. The van der Waals surface area contributed by atoms with Gasteiger partial charge in [-0.05, 0) is 19.2 Å². The van der Waals surface area contributed by atoms with E-state index in [0.717, 1.165) is 6.54 Å². The van der Waals surface area contributed by atoms with E-state index in [9.17, 15) is 4.79 Å². The highest BCUT2D eigenvalue weighted by molar-refractivity contribution is 5.81. The first kappa shape index (κ1) is 13.8. The molecule has 104 valence electrons. The second kappa shape index (κ2) is 6.49. The van der Waals surface area contributed by atoms with Gasteiger partial charge in [0.15, 0.2) is 0 Å². The molecule has 1 aliphatic heterocycles. The number of methoxy groups -OCH3 is 1. The second-order valence-electron chi connectivity index (χ2n) is 4.49. The highest BCUT2D eigenvalue weighted by Crippen LogP contribution is 2.14. The van der Waals surface area contributed by atoms with Crippen LogP contribution in [-0.4, -0.2) is 55.7 Å². The predicted molar refractivity (Wildman–Crippen MR) is 69.9 cm³/mol. The van der Waals surface area contributed by atoms with Gasteiger partial charge < -0.3 is 19.7 Å². The number of rotatable bonds is 4. The summed E-state index contributed by atoms with van der Waals surface area (Å²) in [5, 5.41) is 2.83. The van der Waals surface area contributed by atoms with Crippen molar-refractivity contribution in [3.63, 3.8) is 0 Å². The number of amides is 1. The molecule has 1 aliphatic rings. The maximum atomic E-state index is 12.0. The van der Waals surface area contributed by atoms with Crippen LogP contribution < -0.4 is 10.1 Å². The van der Waals surface area contributed by atoms with Crippen molar-refractivity contribution in [2.45, 2.75) is 12.6 Å². The van der Waals surface area contributed by atoms with Crippen LogP contribution >= 0.6 is 0 Å². The molecular formula is C13H19N3O3. The molecule has 1 N–H and O–H groups in total. The van der Waals surface area contributed by atoms with Gasteiger partial charge in [-0.15, -0.1) is 0 Å². The van der Waals surface area contributed by atoms with Crippen molar-refractivity contribution in [2.24, 2.45) is 0 Å². The van der Waals surface area contributed by atoms with Gasteiger partial charge in [0.25, 0.3) is 5.91 Å². The lowest BCUT2D eigenvalue weighted by Crippen LogP contribution is -2.48. The third-order valence-electron chi connectivity index (χ3n) is 3.06. The van der Waals surface area contributed by atoms with E-state index in [1.165, 1.54) is 0 Å². The summed E-state index contributed by atoms with van der Waals surface area (Å²) in [6, 6.07) is 3.61. The Morgan fingerprint density at radius 3 is 3.26 bits per heavy atom. The largest absolute Gasteiger partial charge is 0.495 e. The smallest absolute Gasteiger partial charge is 0.250 e. The normalized spacial score (nSPS) is 20.0. The fourth-order valence-electron chi connectivity index (χ4n) is 1.96. The maximum absolute atomic E-state index is 12.0. The fraction of sp³-hybridized carbons (Fsp3) is 0.538. The van der Waals surface area contributed by atoms with Gasteiger partial charge in [0.05, 0.1) is 20.3 Å². The molecule has 1 aromatic heterocycles. The van der Waals surface area contributed by atoms with E-state index in [1.54, 1.807) is 19.4 Å². The first-order valence-corrected chi connectivity index (χ1v) is 6.26. The number of carbonyl (C=O) groups is 1. The molecular weight excluding hydrogens is 246 g/mol. The first-order valence-electron chi connectivity index (χ1n) is 6.26. The standard InChI is InChI=1S/C13H19N3O3/c1-16-6-7-19-12(9-16)13(17)15-8-10-11(18-2)4-3-5-14-10/h3-5,12H,6-9H2,1-2H3,(H,15,17). The third kappa shape index (κ3) is 3.65. The van der Waals surface area contributed by atoms with Crippen LogP contribution in [0.15, 0.2) is 18.3 Å². The van der Waals surface area contributed by atoms with Crippen molar-refractivity contribution in [3.8, 4) is 5.75 Å². The summed E-state index contributed by atoms with van der Waals surface area (Å²) >= 11 is 0. The van der Waals surface area contributed by atoms with E-state index in [-0.39, 0.29) is 5.91 Å². The van der Waals surface area contributed by atoms with E-state index >= 15 is 0 Å². The molecule has 1 fully saturated rings. The van der Waals surface area contributed by atoms with Crippen LogP contribution in [0, 0.1) is 0 Å². The average molecular weight is 265 g/mol. The molecule has 19 heavy (non-hydrogen) atoms. The summed E-state index contributed by atoms with van der Waals surface area (Å²) in [6.07, 6.45) is 1.27. The minimum absolute atomic E-state index is 0.112. The number of pyridine rings is 1. The van der Waals surface area contributed by atoms with Crippen molar-refractivity contribution in [3.05, 3.63) is 24.0 Å². The van der Waals surface area contributed by atoms with Gasteiger partial charge in [-0.2, -0.15) is 0 Å². The number of hydrogen-bond donors (Lipinski definition) is 1. The molecule has 2 rings (SSSR count). The second-order valence-corrected chi connectivity index (χ2v) is 4.49. The van der Waals surface area contributed by atoms with Crippen LogP contribution in [0.3, 0.4) is 0 Å².